The molecule has 0 rings (SSSR count). The Bertz CT molecular complexity index is 188. The molecule has 0 aromatic rings. The molecule has 0 bridgehead atoms. The van der Waals surface area contributed by atoms with Crippen molar-refractivity contribution >= 4 is 24.2 Å². The molecule has 0 spiro atoms. The summed E-state index contributed by atoms with van der Waals surface area (Å²) in [7, 11) is 0. The first-order valence-electron chi connectivity index (χ1n) is 3.33. The molecule has 2 unspecified atom stereocenters. The van der Waals surface area contributed by atoms with Gasteiger partial charge in [-0.3, -0.25) is 13.8 Å². The summed E-state index contributed by atoms with van der Waals surface area (Å²) in [6.45, 7) is 0.214. The van der Waals surface area contributed by atoms with Gasteiger partial charge in [0.1, 0.15) is 6.23 Å². The number of hydrogen-bond donors (Lipinski definition) is 2. The highest BCUT2D eigenvalue weighted by Gasteiger charge is 2.06. The summed E-state index contributed by atoms with van der Waals surface area (Å²) in [6, 6.07) is 0. The van der Waals surface area contributed by atoms with Crippen LogP contribution in [-0.2, 0) is 25.1 Å². The van der Waals surface area contributed by atoms with Crippen molar-refractivity contribution in [3.63, 3.8) is 0 Å². The summed E-state index contributed by atoms with van der Waals surface area (Å²) in [5, 5.41) is 4.41. The predicted octanol–water partition coefficient (Wildman–Crippen LogP) is -1.99. The van der Waals surface area contributed by atoms with Crippen LogP contribution in [0.1, 0.15) is 6.42 Å². The van der Waals surface area contributed by atoms with E-state index in [0.717, 1.165) is 0 Å². The standard InChI is InChI=1S/C5H10N2O5S/c8-3-6-2-1-5(7-4-9)12-13(10)11/h3-5H,1-2H2,(H,6,8)(H,7,9)(H,10,11)/p-1. The van der Waals surface area contributed by atoms with E-state index in [9.17, 15) is 18.4 Å². The number of hydrogen-bond acceptors (Lipinski definition) is 5. The molecular weight excluding hydrogens is 200 g/mol. The fraction of sp³-hybridized carbons (Fsp3) is 0.600. The molecule has 0 aliphatic carbocycles. The second-order valence-electron chi connectivity index (χ2n) is 1.93. The molecule has 0 aliphatic rings. The van der Waals surface area contributed by atoms with E-state index in [2.05, 4.69) is 14.8 Å². The van der Waals surface area contributed by atoms with Gasteiger partial charge in [-0.1, -0.05) is 0 Å². The molecule has 0 aliphatic heterocycles. The Morgan fingerprint density at radius 1 is 1.46 bits per heavy atom. The molecule has 0 heterocycles. The first-order valence-corrected chi connectivity index (χ1v) is 4.33. The Hall–Kier alpha value is -0.990. The molecule has 0 aromatic carbocycles. The third-order valence-electron chi connectivity index (χ3n) is 1.08. The zero-order valence-electron chi connectivity index (χ0n) is 6.60. The summed E-state index contributed by atoms with van der Waals surface area (Å²) in [5.74, 6) is 0. The van der Waals surface area contributed by atoms with Crippen LogP contribution < -0.4 is 10.6 Å². The fourth-order valence-electron chi connectivity index (χ4n) is 0.603. The Kier molecular flexibility index (Phi) is 7.07. The lowest BCUT2D eigenvalue weighted by Gasteiger charge is -2.16. The SMILES string of the molecule is O=CNCCC(NC=O)OS(=O)[O-]. The minimum Gasteiger partial charge on any atom is -0.750 e. The number of nitrogens with one attached hydrogen (secondary N) is 2. The quantitative estimate of drug-likeness (QED) is 0.208. The first kappa shape index (κ1) is 12.0. The zero-order chi connectivity index (χ0) is 10.1. The molecule has 2 amide bonds. The molecule has 7 nitrogen and oxygen atoms in total. The lowest BCUT2D eigenvalue weighted by molar-refractivity contribution is -0.111. The molecule has 0 fully saturated rings. The van der Waals surface area contributed by atoms with Crippen LogP contribution in [0.3, 0.4) is 0 Å². The van der Waals surface area contributed by atoms with Crippen LogP contribution in [0.5, 0.6) is 0 Å². The van der Waals surface area contributed by atoms with Crippen molar-refractivity contribution in [3.8, 4) is 0 Å². The summed E-state index contributed by atoms with van der Waals surface area (Å²) in [6.07, 6.45) is 0.0130. The van der Waals surface area contributed by atoms with E-state index >= 15 is 0 Å². The molecule has 0 saturated carbocycles. The second-order valence-corrected chi connectivity index (χ2v) is 2.53. The van der Waals surface area contributed by atoms with Crippen molar-refractivity contribution < 1.29 is 22.5 Å². The van der Waals surface area contributed by atoms with Gasteiger partial charge >= 0.3 is 0 Å². The van der Waals surface area contributed by atoms with Crippen molar-refractivity contribution in [1.29, 1.82) is 0 Å². The van der Waals surface area contributed by atoms with Gasteiger partial charge in [0.2, 0.25) is 12.8 Å². The van der Waals surface area contributed by atoms with Crippen LogP contribution >= 0.6 is 0 Å². The Morgan fingerprint density at radius 3 is 2.62 bits per heavy atom. The van der Waals surface area contributed by atoms with Gasteiger partial charge in [-0.05, 0) is 0 Å². The van der Waals surface area contributed by atoms with Gasteiger partial charge in [0.05, 0.1) is 11.4 Å². The Balaban J connectivity index is 3.71. The molecule has 0 saturated heterocycles. The number of carbonyl (C=O) groups excluding carboxylic acids is 2. The molecular formula is C5H9N2O5S-. The third-order valence-corrected chi connectivity index (χ3v) is 1.47. The van der Waals surface area contributed by atoms with Gasteiger partial charge in [-0.15, -0.1) is 0 Å². The smallest absolute Gasteiger partial charge is 0.209 e. The summed E-state index contributed by atoms with van der Waals surface area (Å²) in [5.41, 5.74) is 0. The largest absolute Gasteiger partial charge is 0.750 e. The Morgan fingerprint density at radius 2 is 2.15 bits per heavy atom. The summed E-state index contributed by atoms with van der Waals surface area (Å²) < 4.78 is 24.4. The minimum absolute atomic E-state index is 0.172. The molecule has 0 radical (unpaired) electrons. The van der Waals surface area contributed by atoms with Gasteiger partial charge in [-0.25, -0.2) is 4.21 Å². The van der Waals surface area contributed by atoms with E-state index in [-0.39, 0.29) is 13.0 Å². The van der Waals surface area contributed by atoms with Crippen LogP contribution in [0.4, 0.5) is 0 Å². The van der Waals surface area contributed by atoms with Crippen molar-refractivity contribution in [3.05, 3.63) is 0 Å². The van der Waals surface area contributed by atoms with E-state index in [1.807, 2.05) is 0 Å². The second kappa shape index (κ2) is 7.65. The van der Waals surface area contributed by atoms with Crippen LogP contribution in [0, 0.1) is 0 Å². The minimum atomic E-state index is -2.69. The fourth-order valence-corrected chi connectivity index (χ4v) is 0.945. The van der Waals surface area contributed by atoms with E-state index in [4.69, 9.17) is 0 Å². The lowest BCUT2D eigenvalue weighted by atomic mass is 10.4. The monoisotopic (exact) mass is 209 g/mol. The van der Waals surface area contributed by atoms with Crippen LogP contribution in [0.25, 0.3) is 0 Å². The first-order chi connectivity index (χ1) is 6.20. The molecule has 13 heavy (non-hydrogen) atoms. The van der Waals surface area contributed by atoms with Crippen LogP contribution in [0.15, 0.2) is 0 Å². The van der Waals surface area contributed by atoms with Gasteiger partial charge < -0.3 is 15.2 Å². The van der Waals surface area contributed by atoms with Crippen molar-refractivity contribution in [1.82, 2.24) is 10.6 Å². The Labute approximate surface area is 77.3 Å². The average molecular weight is 209 g/mol. The van der Waals surface area contributed by atoms with Gasteiger partial charge in [0.15, 0.2) is 0 Å². The van der Waals surface area contributed by atoms with Gasteiger partial charge in [0, 0.05) is 13.0 Å². The van der Waals surface area contributed by atoms with Crippen molar-refractivity contribution in [2.24, 2.45) is 0 Å². The average Bonchev–Trinajstić information content (AvgIpc) is 2.04. The van der Waals surface area contributed by atoms with E-state index in [1.165, 1.54) is 0 Å². The number of amides is 2. The van der Waals surface area contributed by atoms with Crippen molar-refractivity contribution in [2.45, 2.75) is 12.6 Å². The topological polar surface area (TPSA) is 108 Å². The number of rotatable bonds is 8. The molecule has 2 atom stereocenters. The number of carbonyl (C=O) groups is 2. The molecule has 8 heteroatoms. The van der Waals surface area contributed by atoms with Crippen molar-refractivity contribution in [2.75, 3.05) is 6.54 Å². The highest BCUT2D eigenvalue weighted by molar-refractivity contribution is 7.74. The predicted molar refractivity (Wildman–Crippen MR) is 41.7 cm³/mol. The van der Waals surface area contributed by atoms with E-state index in [0.29, 0.717) is 12.8 Å². The van der Waals surface area contributed by atoms with E-state index in [1.54, 1.807) is 0 Å². The molecule has 76 valence electrons. The normalized spacial score (nSPS) is 14.2. The highest BCUT2D eigenvalue weighted by atomic mass is 32.2. The maximum absolute atomic E-state index is 10.0. The van der Waals surface area contributed by atoms with Crippen LogP contribution in [0.2, 0.25) is 0 Å². The van der Waals surface area contributed by atoms with Gasteiger partial charge in [-0.2, -0.15) is 0 Å². The summed E-state index contributed by atoms with van der Waals surface area (Å²) in [4.78, 5) is 19.8. The van der Waals surface area contributed by atoms with Gasteiger partial charge in [0.25, 0.3) is 0 Å². The molecule has 0 aromatic heterocycles. The lowest BCUT2D eigenvalue weighted by Crippen LogP contribution is -2.34. The maximum atomic E-state index is 10.0. The third kappa shape index (κ3) is 7.37. The van der Waals surface area contributed by atoms with E-state index < -0.39 is 17.6 Å². The highest BCUT2D eigenvalue weighted by Crippen LogP contribution is 1.94. The maximum Gasteiger partial charge on any atom is 0.209 e. The molecule has 2 N–H and O–H groups in total. The zero-order valence-corrected chi connectivity index (χ0v) is 7.41. The summed E-state index contributed by atoms with van der Waals surface area (Å²) >= 11 is -2.69. The van der Waals surface area contributed by atoms with Crippen LogP contribution in [-0.4, -0.2) is 34.4 Å².